The number of nitrogens with one attached hydrogen (secondary N) is 2. The van der Waals surface area contributed by atoms with Gasteiger partial charge in [-0.3, -0.25) is 9.89 Å². The van der Waals surface area contributed by atoms with Crippen molar-refractivity contribution in [1.82, 2.24) is 15.5 Å². The third-order valence-electron chi connectivity index (χ3n) is 4.17. The molecule has 2 rings (SSSR count). The molecule has 1 heterocycles. The van der Waals surface area contributed by atoms with E-state index in [9.17, 15) is 13.2 Å². The molecule has 1 aromatic rings. The minimum absolute atomic E-state index is 0.0734. The molecule has 1 unspecified atom stereocenters. The SMILES string of the molecule is CN=C(NCc1cccc(OC)c1OC)NC1CCN(CC(F)(F)F)C1. The van der Waals surface area contributed by atoms with Crippen molar-refractivity contribution in [2.75, 3.05) is 40.9 Å². The average Bonchev–Trinajstić information content (AvgIpc) is 3.02. The zero-order valence-corrected chi connectivity index (χ0v) is 15.2. The standard InChI is InChI=1S/C17H25F3N4O2/c1-21-16(23-13-7-8-24(10-13)11-17(18,19)20)22-9-12-5-4-6-14(25-2)15(12)26-3/h4-6,13H,7-11H2,1-3H3,(H2,21,22,23). The molecule has 1 atom stereocenters. The predicted octanol–water partition coefficient (Wildman–Crippen LogP) is 2.01. The van der Waals surface area contributed by atoms with Crippen LogP contribution in [0.5, 0.6) is 11.5 Å². The number of benzene rings is 1. The van der Waals surface area contributed by atoms with Gasteiger partial charge in [0.05, 0.1) is 20.8 Å². The minimum atomic E-state index is -4.17. The van der Waals surface area contributed by atoms with Crippen molar-refractivity contribution in [2.24, 2.45) is 4.99 Å². The van der Waals surface area contributed by atoms with Crippen LogP contribution in [0, 0.1) is 0 Å². The fraction of sp³-hybridized carbons (Fsp3) is 0.588. The molecule has 0 radical (unpaired) electrons. The number of likely N-dealkylation sites (tertiary alicyclic amines) is 1. The molecule has 0 spiro atoms. The van der Waals surface area contributed by atoms with Crippen molar-refractivity contribution in [3.05, 3.63) is 23.8 Å². The van der Waals surface area contributed by atoms with Gasteiger partial charge in [0, 0.05) is 38.3 Å². The largest absolute Gasteiger partial charge is 0.493 e. The van der Waals surface area contributed by atoms with E-state index in [0.717, 1.165) is 5.56 Å². The molecule has 1 fully saturated rings. The lowest BCUT2D eigenvalue weighted by Gasteiger charge is -2.20. The number of alkyl halides is 3. The molecular formula is C17H25F3N4O2. The van der Waals surface area contributed by atoms with Crippen molar-refractivity contribution in [1.29, 1.82) is 0 Å². The molecule has 1 aliphatic rings. The Morgan fingerprint density at radius 2 is 2.08 bits per heavy atom. The molecule has 0 saturated carbocycles. The van der Waals surface area contributed by atoms with Crippen molar-refractivity contribution < 1.29 is 22.6 Å². The van der Waals surface area contributed by atoms with Crippen LogP contribution in [0.4, 0.5) is 13.2 Å². The number of rotatable bonds is 6. The van der Waals surface area contributed by atoms with E-state index in [1.165, 1.54) is 4.90 Å². The molecule has 0 bridgehead atoms. The summed E-state index contributed by atoms with van der Waals surface area (Å²) < 4.78 is 48.1. The van der Waals surface area contributed by atoms with Crippen molar-refractivity contribution in [3.8, 4) is 11.5 Å². The van der Waals surface area contributed by atoms with Crippen molar-refractivity contribution in [2.45, 2.75) is 25.2 Å². The van der Waals surface area contributed by atoms with E-state index in [4.69, 9.17) is 9.47 Å². The smallest absolute Gasteiger partial charge is 0.401 e. The number of nitrogens with zero attached hydrogens (tertiary/aromatic N) is 2. The minimum Gasteiger partial charge on any atom is -0.493 e. The summed E-state index contributed by atoms with van der Waals surface area (Å²) in [7, 11) is 4.77. The Bertz CT molecular complexity index is 623. The normalized spacial score (nSPS) is 18.7. The second-order valence-electron chi connectivity index (χ2n) is 6.06. The lowest BCUT2D eigenvalue weighted by atomic mass is 10.2. The maximum Gasteiger partial charge on any atom is 0.401 e. The van der Waals surface area contributed by atoms with Crippen LogP contribution in [-0.4, -0.2) is 64.0 Å². The molecule has 146 valence electrons. The zero-order chi connectivity index (χ0) is 19.2. The fourth-order valence-corrected chi connectivity index (χ4v) is 3.01. The predicted molar refractivity (Wildman–Crippen MR) is 93.8 cm³/mol. The van der Waals surface area contributed by atoms with Gasteiger partial charge in [0.25, 0.3) is 0 Å². The third kappa shape index (κ3) is 5.69. The highest BCUT2D eigenvalue weighted by Crippen LogP contribution is 2.30. The van der Waals surface area contributed by atoms with Gasteiger partial charge in [-0.15, -0.1) is 0 Å². The van der Waals surface area contributed by atoms with E-state index in [1.54, 1.807) is 21.3 Å². The third-order valence-corrected chi connectivity index (χ3v) is 4.17. The summed E-state index contributed by atoms with van der Waals surface area (Å²) in [5.74, 6) is 1.80. The van der Waals surface area contributed by atoms with Crippen LogP contribution in [0.25, 0.3) is 0 Å². The number of aliphatic imine (C=N–C) groups is 1. The van der Waals surface area contributed by atoms with Crippen LogP contribution in [-0.2, 0) is 6.54 Å². The van der Waals surface area contributed by atoms with Gasteiger partial charge >= 0.3 is 6.18 Å². The van der Waals surface area contributed by atoms with Crippen molar-refractivity contribution in [3.63, 3.8) is 0 Å². The lowest BCUT2D eigenvalue weighted by Crippen LogP contribution is -2.44. The number of hydrogen-bond acceptors (Lipinski definition) is 4. The summed E-state index contributed by atoms with van der Waals surface area (Å²) in [6.07, 6.45) is -3.53. The van der Waals surface area contributed by atoms with Gasteiger partial charge < -0.3 is 20.1 Å². The van der Waals surface area contributed by atoms with E-state index in [-0.39, 0.29) is 6.04 Å². The molecule has 1 aliphatic heterocycles. The van der Waals surface area contributed by atoms with Crippen LogP contribution in [0.15, 0.2) is 23.2 Å². The van der Waals surface area contributed by atoms with Gasteiger partial charge in [0.1, 0.15) is 0 Å². The topological polar surface area (TPSA) is 58.1 Å². The number of methoxy groups -OCH3 is 2. The van der Waals surface area contributed by atoms with E-state index >= 15 is 0 Å². The Balaban J connectivity index is 1.89. The summed E-state index contributed by atoms with van der Waals surface area (Å²) in [5, 5.41) is 6.34. The maximum atomic E-state index is 12.5. The molecular weight excluding hydrogens is 349 g/mol. The number of para-hydroxylation sites is 1. The Kier molecular flexibility index (Phi) is 6.96. The quantitative estimate of drug-likeness (QED) is 0.589. The summed E-state index contributed by atoms with van der Waals surface area (Å²) in [6, 6.07) is 5.50. The van der Waals surface area contributed by atoms with Crippen LogP contribution in [0.1, 0.15) is 12.0 Å². The number of guanidine groups is 1. The number of ether oxygens (including phenoxy) is 2. The summed E-state index contributed by atoms with van der Waals surface area (Å²) in [6.45, 7) is 0.317. The average molecular weight is 374 g/mol. The van der Waals surface area contributed by atoms with Gasteiger partial charge in [-0.2, -0.15) is 13.2 Å². The Morgan fingerprint density at radius 3 is 2.69 bits per heavy atom. The first-order valence-corrected chi connectivity index (χ1v) is 8.32. The van der Waals surface area contributed by atoms with Crippen LogP contribution in [0.2, 0.25) is 0 Å². The van der Waals surface area contributed by atoms with Gasteiger partial charge in [0.15, 0.2) is 17.5 Å². The summed E-state index contributed by atoms with van der Waals surface area (Å²) >= 11 is 0. The van der Waals surface area contributed by atoms with Gasteiger partial charge in [0.2, 0.25) is 0 Å². The molecule has 26 heavy (non-hydrogen) atoms. The van der Waals surface area contributed by atoms with E-state index in [0.29, 0.717) is 43.5 Å². The fourth-order valence-electron chi connectivity index (χ4n) is 3.01. The monoisotopic (exact) mass is 374 g/mol. The molecule has 1 aromatic carbocycles. The van der Waals surface area contributed by atoms with Gasteiger partial charge in [-0.1, -0.05) is 12.1 Å². The molecule has 2 N–H and O–H groups in total. The first-order chi connectivity index (χ1) is 12.4. The second kappa shape index (κ2) is 8.98. The first-order valence-electron chi connectivity index (χ1n) is 8.32. The molecule has 0 aromatic heterocycles. The van der Waals surface area contributed by atoms with Crippen LogP contribution >= 0.6 is 0 Å². The molecule has 0 amide bonds. The highest BCUT2D eigenvalue weighted by atomic mass is 19.4. The van der Waals surface area contributed by atoms with Crippen molar-refractivity contribution >= 4 is 5.96 Å². The second-order valence-corrected chi connectivity index (χ2v) is 6.06. The van der Waals surface area contributed by atoms with E-state index in [1.807, 2.05) is 18.2 Å². The number of hydrogen-bond donors (Lipinski definition) is 2. The Labute approximate surface area is 151 Å². The molecule has 6 nitrogen and oxygen atoms in total. The highest BCUT2D eigenvalue weighted by molar-refractivity contribution is 5.80. The lowest BCUT2D eigenvalue weighted by molar-refractivity contribution is -0.143. The van der Waals surface area contributed by atoms with Gasteiger partial charge in [-0.25, -0.2) is 0 Å². The molecule has 0 aliphatic carbocycles. The Hall–Kier alpha value is -2.16. The van der Waals surface area contributed by atoms with E-state index in [2.05, 4.69) is 15.6 Å². The van der Waals surface area contributed by atoms with Gasteiger partial charge in [-0.05, 0) is 12.5 Å². The summed E-state index contributed by atoms with van der Waals surface area (Å²) in [5.41, 5.74) is 0.889. The molecule has 9 heteroatoms. The summed E-state index contributed by atoms with van der Waals surface area (Å²) in [4.78, 5) is 5.54. The number of halogens is 3. The highest BCUT2D eigenvalue weighted by Gasteiger charge is 2.34. The zero-order valence-electron chi connectivity index (χ0n) is 15.2. The van der Waals surface area contributed by atoms with E-state index < -0.39 is 12.7 Å². The van der Waals surface area contributed by atoms with Crippen LogP contribution in [0.3, 0.4) is 0 Å². The van der Waals surface area contributed by atoms with Crippen LogP contribution < -0.4 is 20.1 Å². The Morgan fingerprint density at radius 1 is 1.31 bits per heavy atom. The first kappa shape index (κ1) is 20.2. The maximum absolute atomic E-state index is 12.5. The molecule has 1 saturated heterocycles.